The van der Waals surface area contributed by atoms with Gasteiger partial charge in [-0.15, -0.1) is 22.1 Å². The summed E-state index contributed by atoms with van der Waals surface area (Å²) in [6.07, 6.45) is 16.4. The zero-order valence-electron chi connectivity index (χ0n) is 36.0. The van der Waals surface area contributed by atoms with Gasteiger partial charge < -0.3 is 9.97 Å². The average Bonchev–Trinajstić information content (AvgIpc) is 3.89. The minimum Gasteiger partial charge on any atom is 2.00 e. The third kappa shape index (κ3) is 10.7. The molecular weight excluding hydrogens is 854 g/mol. The molecule has 2 radical (unpaired) electrons. The molecule has 2 aliphatic rings. The summed E-state index contributed by atoms with van der Waals surface area (Å²) >= 11 is -0.839. The minimum atomic E-state index is -0.839. The SMILES string of the molecule is CCC1=C(CC)c2cc3[n-]c(cc4nc(cc5[n-]c(cc1n2)c(CC)c5CC)C(CC)=C4CC)c(CC)c3CC.CCC[CH2][Sn]([CH2]CCC)[CH2]CCC.[Rh+2]. The molecule has 6 heteroatoms. The van der Waals surface area contributed by atoms with Crippen LogP contribution in [-0.4, -0.2) is 29.7 Å². The quantitative estimate of drug-likeness (QED) is 0.127. The van der Waals surface area contributed by atoms with E-state index >= 15 is 0 Å². The first-order valence-corrected chi connectivity index (χ1v) is 27.8. The summed E-state index contributed by atoms with van der Waals surface area (Å²) in [5, 5.41) is 0. The van der Waals surface area contributed by atoms with Gasteiger partial charge in [0, 0.05) is 0 Å². The molecule has 296 valence electrons. The van der Waals surface area contributed by atoms with Crippen molar-refractivity contribution in [2.24, 2.45) is 0 Å². The van der Waals surface area contributed by atoms with Crippen molar-refractivity contribution >= 4 is 64.1 Å². The van der Waals surface area contributed by atoms with E-state index in [-0.39, 0.29) is 19.5 Å². The number of fused-ring (bicyclic) bond motifs is 8. The van der Waals surface area contributed by atoms with Crippen molar-refractivity contribution in [1.82, 2.24) is 19.9 Å². The van der Waals surface area contributed by atoms with Gasteiger partial charge in [0.2, 0.25) is 0 Å². The smallest absolute Gasteiger partial charge is 2.00 e. The van der Waals surface area contributed by atoms with Gasteiger partial charge in [-0.1, -0.05) is 102 Å². The number of unbranched alkanes of at least 4 members (excludes halogenated alkanes) is 3. The van der Waals surface area contributed by atoms with Crippen LogP contribution in [0.1, 0.15) is 185 Å². The molecule has 5 heterocycles. The topological polar surface area (TPSA) is 54.0 Å². The predicted molar refractivity (Wildman–Crippen MR) is 236 cm³/mol. The first kappa shape index (κ1) is 46.4. The van der Waals surface area contributed by atoms with Crippen LogP contribution in [0.4, 0.5) is 0 Å². The van der Waals surface area contributed by atoms with Crippen LogP contribution < -0.4 is 9.97 Å². The largest absolute Gasteiger partial charge is 2.00 e. The molecular formula is C48H71N4RhSn. The molecule has 0 atom stereocenters. The van der Waals surface area contributed by atoms with Crippen molar-refractivity contribution < 1.29 is 19.5 Å². The molecule has 0 saturated carbocycles. The van der Waals surface area contributed by atoms with Gasteiger partial charge in [0.25, 0.3) is 0 Å². The predicted octanol–water partition coefficient (Wildman–Crippen LogP) is 14.2. The van der Waals surface area contributed by atoms with Crippen LogP contribution in [0.5, 0.6) is 0 Å². The summed E-state index contributed by atoms with van der Waals surface area (Å²) in [5.41, 5.74) is 19.1. The summed E-state index contributed by atoms with van der Waals surface area (Å²) in [6.45, 7) is 24.9. The van der Waals surface area contributed by atoms with Crippen molar-refractivity contribution in [2.75, 3.05) is 0 Å². The number of nitrogens with zero attached hydrogens (tertiary/aromatic N) is 4. The van der Waals surface area contributed by atoms with Crippen LogP contribution >= 0.6 is 0 Å². The Hall–Kier alpha value is -1.98. The standard InChI is InChI=1S/C36H44N4.3C4H9.Rh.Sn/c1-9-21-22(10-2)30-18-32-25(13-5)26(14-6)34(39-32)20-36-28(16-8)27(15-7)35(40-36)19-33-24(12-4)23(11-3)31(38-33)17-29(21)37-30;3*1-3-4-2;;/h17-20H,9-16H2,1-8H3;3*1,3-4H2,2H3;;/q-2;;;;+2;. The molecule has 0 saturated heterocycles. The number of rotatable bonds is 17. The van der Waals surface area contributed by atoms with Crippen molar-refractivity contribution in [1.29, 1.82) is 0 Å². The third-order valence-electron chi connectivity index (χ3n) is 11.5. The van der Waals surface area contributed by atoms with Gasteiger partial charge in [0.15, 0.2) is 0 Å². The fraction of sp³-hybridized carbons (Fsp3) is 0.583. The van der Waals surface area contributed by atoms with E-state index in [1.165, 1.54) is 83.1 Å². The summed E-state index contributed by atoms with van der Waals surface area (Å²) in [4.78, 5) is 21.0. The number of hydrogen-bond donors (Lipinski definition) is 0. The van der Waals surface area contributed by atoms with E-state index < -0.39 is 19.8 Å². The number of aromatic nitrogens is 4. The van der Waals surface area contributed by atoms with Gasteiger partial charge in [-0.05, 0) is 73.7 Å². The second-order valence-corrected chi connectivity index (χ2v) is 23.4. The summed E-state index contributed by atoms with van der Waals surface area (Å²) < 4.78 is 5.04. The molecule has 5 rings (SSSR count). The van der Waals surface area contributed by atoms with Gasteiger partial charge in [0.05, 0.1) is 22.8 Å². The van der Waals surface area contributed by atoms with E-state index in [1.807, 2.05) is 0 Å². The van der Waals surface area contributed by atoms with E-state index in [1.54, 1.807) is 13.3 Å². The third-order valence-corrected chi connectivity index (χ3v) is 20.5. The Morgan fingerprint density at radius 1 is 0.389 bits per heavy atom. The Morgan fingerprint density at radius 3 is 0.815 bits per heavy atom. The number of aryl methyl sites for hydroxylation is 4. The van der Waals surface area contributed by atoms with Gasteiger partial charge >= 0.3 is 112 Å². The number of hydrogen-bond acceptors (Lipinski definition) is 2. The first-order chi connectivity index (χ1) is 25.8. The molecule has 4 nitrogen and oxygen atoms in total. The molecule has 54 heavy (non-hydrogen) atoms. The molecule has 0 amide bonds. The van der Waals surface area contributed by atoms with E-state index in [2.05, 4.69) is 100 Å². The Labute approximate surface area is 349 Å². The van der Waals surface area contributed by atoms with Gasteiger partial charge in [-0.2, -0.15) is 0 Å². The second kappa shape index (κ2) is 23.3. The molecule has 0 fully saturated rings. The van der Waals surface area contributed by atoms with Crippen LogP contribution in [-0.2, 0) is 45.2 Å². The summed E-state index contributed by atoms with van der Waals surface area (Å²) in [6, 6.07) is 8.98. The van der Waals surface area contributed by atoms with Crippen LogP contribution in [0, 0.1) is 0 Å². The molecule has 8 bridgehead atoms. The molecule has 0 aromatic carbocycles. The maximum Gasteiger partial charge on any atom is 2.00 e. The zero-order valence-corrected chi connectivity index (χ0v) is 40.4. The normalized spacial score (nSPS) is 12.7. The molecule has 0 aliphatic carbocycles. The van der Waals surface area contributed by atoms with E-state index in [0.29, 0.717) is 0 Å². The van der Waals surface area contributed by atoms with Crippen LogP contribution in [0.15, 0.2) is 24.3 Å². The fourth-order valence-electron chi connectivity index (χ4n) is 8.58. The molecule has 3 aromatic heterocycles. The second-order valence-electron chi connectivity index (χ2n) is 14.8. The fourth-order valence-corrected chi connectivity index (χ4v) is 18.0. The van der Waals surface area contributed by atoms with E-state index in [4.69, 9.17) is 19.9 Å². The van der Waals surface area contributed by atoms with Crippen LogP contribution in [0.3, 0.4) is 0 Å². The van der Waals surface area contributed by atoms with E-state index in [0.717, 1.165) is 96.2 Å². The minimum absolute atomic E-state index is 0. The van der Waals surface area contributed by atoms with Crippen molar-refractivity contribution in [3.05, 3.63) is 69.3 Å². The van der Waals surface area contributed by atoms with E-state index in [9.17, 15) is 0 Å². The molecule has 2 aliphatic heterocycles. The molecule has 0 N–H and O–H groups in total. The van der Waals surface area contributed by atoms with Crippen molar-refractivity contribution in [3.8, 4) is 0 Å². The maximum absolute atomic E-state index is 5.25. The van der Waals surface area contributed by atoms with Gasteiger partial charge in [-0.25, -0.2) is 9.97 Å². The monoisotopic (exact) mass is 926 g/mol. The zero-order chi connectivity index (χ0) is 38.5. The Kier molecular flexibility index (Phi) is 20.0. The Morgan fingerprint density at radius 2 is 0.630 bits per heavy atom. The average molecular weight is 926 g/mol. The summed E-state index contributed by atoms with van der Waals surface area (Å²) in [5.74, 6) is 0. The maximum atomic E-state index is 5.25. The van der Waals surface area contributed by atoms with Crippen molar-refractivity contribution in [2.45, 2.75) is 179 Å². The summed E-state index contributed by atoms with van der Waals surface area (Å²) in [7, 11) is 0. The Balaban J connectivity index is 0.000000481. The van der Waals surface area contributed by atoms with Crippen molar-refractivity contribution in [3.63, 3.8) is 0 Å². The Bertz CT molecular complexity index is 1630. The molecule has 3 aromatic rings. The van der Waals surface area contributed by atoms with Gasteiger partial charge in [0.1, 0.15) is 0 Å². The number of allylic oxidation sites excluding steroid dienone is 4. The van der Waals surface area contributed by atoms with Gasteiger partial charge in [-0.3, -0.25) is 0 Å². The molecule has 0 unspecified atom stereocenters. The molecule has 0 spiro atoms. The van der Waals surface area contributed by atoms with Crippen LogP contribution in [0.2, 0.25) is 13.3 Å². The van der Waals surface area contributed by atoms with Crippen LogP contribution in [0.25, 0.3) is 44.4 Å². The first-order valence-electron chi connectivity index (χ1n) is 21.8.